The summed E-state index contributed by atoms with van der Waals surface area (Å²) >= 11 is 0. The molecule has 13 heavy (non-hydrogen) atoms. The maximum atomic E-state index is 4.84. The maximum Gasteiger partial charge on any atom is 0.216 e. The van der Waals surface area contributed by atoms with Crippen LogP contribution >= 0.6 is 0 Å². The second-order valence-electron chi connectivity index (χ2n) is 1.65. The molecule has 0 radical (unpaired) electrons. The standard InChI is InChI=1S/C6H8N2O.2C2H6/c1-5-7-4-3-6(8-5)9-2;2*1-2/h3-4H,1-2H3;2*1-2H3. The zero-order chi connectivity index (χ0) is 10.7. The van der Waals surface area contributed by atoms with Crippen molar-refractivity contribution in [3.8, 4) is 5.88 Å². The largest absolute Gasteiger partial charge is 0.481 e. The Labute approximate surface area is 81.2 Å². The molecule has 3 heteroatoms. The molecule has 0 amide bonds. The molecule has 0 aliphatic rings. The van der Waals surface area contributed by atoms with Crippen LogP contribution in [0.2, 0.25) is 0 Å². The van der Waals surface area contributed by atoms with E-state index < -0.39 is 0 Å². The van der Waals surface area contributed by atoms with Crippen molar-refractivity contribution in [2.45, 2.75) is 34.6 Å². The van der Waals surface area contributed by atoms with Crippen LogP contribution in [0.4, 0.5) is 0 Å². The molecule has 0 bridgehead atoms. The summed E-state index contributed by atoms with van der Waals surface area (Å²) in [6.07, 6.45) is 1.67. The number of aryl methyl sites for hydroxylation is 1. The van der Waals surface area contributed by atoms with Gasteiger partial charge in [-0.15, -0.1) is 0 Å². The first kappa shape index (κ1) is 14.4. The summed E-state index contributed by atoms with van der Waals surface area (Å²) in [6.45, 7) is 9.82. The van der Waals surface area contributed by atoms with E-state index in [1.54, 1.807) is 19.4 Å². The van der Waals surface area contributed by atoms with Gasteiger partial charge in [0, 0.05) is 12.3 Å². The van der Waals surface area contributed by atoms with E-state index in [4.69, 9.17) is 4.74 Å². The Balaban J connectivity index is 0. The highest BCUT2D eigenvalue weighted by Gasteiger charge is 1.89. The van der Waals surface area contributed by atoms with Gasteiger partial charge in [0.25, 0.3) is 0 Å². The highest BCUT2D eigenvalue weighted by Crippen LogP contribution is 2.01. The van der Waals surface area contributed by atoms with Crippen molar-refractivity contribution in [2.75, 3.05) is 7.11 Å². The zero-order valence-corrected chi connectivity index (χ0v) is 9.46. The Morgan fingerprint density at radius 1 is 1.15 bits per heavy atom. The SMILES string of the molecule is CC.CC.COc1ccnc(C)n1. The second kappa shape index (κ2) is 10.9. The average Bonchev–Trinajstić information content (AvgIpc) is 2.24. The summed E-state index contributed by atoms with van der Waals surface area (Å²) in [5.41, 5.74) is 0. The third kappa shape index (κ3) is 7.25. The Morgan fingerprint density at radius 2 is 1.69 bits per heavy atom. The van der Waals surface area contributed by atoms with Gasteiger partial charge < -0.3 is 4.74 Å². The molecule has 0 unspecified atom stereocenters. The lowest BCUT2D eigenvalue weighted by Gasteiger charge is -1.95. The topological polar surface area (TPSA) is 35.0 Å². The van der Waals surface area contributed by atoms with Crippen LogP contribution in [-0.2, 0) is 0 Å². The fourth-order valence-electron chi connectivity index (χ4n) is 0.548. The number of methoxy groups -OCH3 is 1. The normalized spacial score (nSPS) is 7.23. The minimum absolute atomic E-state index is 0.613. The third-order valence-electron chi connectivity index (χ3n) is 0.960. The van der Waals surface area contributed by atoms with Gasteiger partial charge >= 0.3 is 0 Å². The molecule has 0 aliphatic heterocycles. The van der Waals surface area contributed by atoms with Crippen LogP contribution in [0.1, 0.15) is 33.5 Å². The van der Waals surface area contributed by atoms with Crippen LogP contribution in [0.5, 0.6) is 5.88 Å². The monoisotopic (exact) mass is 184 g/mol. The first-order valence-electron chi connectivity index (χ1n) is 4.66. The maximum absolute atomic E-state index is 4.84. The smallest absolute Gasteiger partial charge is 0.216 e. The number of ether oxygens (including phenoxy) is 1. The summed E-state index contributed by atoms with van der Waals surface area (Å²) < 4.78 is 4.84. The summed E-state index contributed by atoms with van der Waals surface area (Å²) in [6, 6.07) is 1.72. The van der Waals surface area contributed by atoms with Crippen molar-refractivity contribution < 1.29 is 4.74 Å². The minimum Gasteiger partial charge on any atom is -0.481 e. The van der Waals surface area contributed by atoms with Gasteiger partial charge in [-0.05, 0) is 6.92 Å². The second-order valence-corrected chi connectivity index (χ2v) is 1.65. The fourth-order valence-corrected chi connectivity index (χ4v) is 0.548. The van der Waals surface area contributed by atoms with Crippen LogP contribution < -0.4 is 4.74 Å². The molecule has 1 heterocycles. The fraction of sp³-hybridized carbons (Fsp3) is 0.600. The van der Waals surface area contributed by atoms with Crippen molar-refractivity contribution >= 4 is 0 Å². The van der Waals surface area contributed by atoms with Gasteiger partial charge in [0.1, 0.15) is 5.82 Å². The Morgan fingerprint density at radius 3 is 2.00 bits per heavy atom. The van der Waals surface area contributed by atoms with Crippen molar-refractivity contribution in [1.82, 2.24) is 9.97 Å². The Bertz CT molecular complexity index is 202. The molecule has 0 atom stereocenters. The number of hydrogen-bond donors (Lipinski definition) is 0. The van der Waals surface area contributed by atoms with Crippen LogP contribution in [-0.4, -0.2) is 17.1 Å². The summed E-state index contributed by atoms with van der Waals surface area (Å²) in [5.74, 6) is 1.34. The van der Waals surface area contributed by atoms with Crippen LogP contribution in [0, 0.1) is 6.92 Å². The first-order valence-corrected chi connectivity index (χ1v) is 4.66. The van der Waals surface area contributed by atoms with Crippen molar-refractivity contribution in [2.24, 2.45) is 0 Å². The van der Waals surface area contributed by atoms with Gasteiger partial charge in [0.2, 0.25) is 5.88 Å². The molecule has 0 aromatic carbocycles. The van der Waals surface area contributed by atoms with E-state index in [1.807, 2.05) is 34.6 Å². The molecule has 0 spiro atoms. The van der Waals surface area contributed by atoms with Gasteiger partial charge in [0.05, 0.1) is 7.11 Å². The zero-order valence-electron chi connectivity index (χ0n) is 9.46. The average molecular weight is 184 g/mol. The van der Waals surface area contributed by atoms with E-state index in [9.17, 15) is 0 Å². The lowest BCUT2D eigenvalue weighted by molar-refractivity contribution is 0.395. The number of hydrogen-bond acceptors (Lipinski definition) is 3. The number of nitrogens with zero attached hydrogens (tertiary/aromatic N) is 2. The predicted molar refractivity (Wildman–Crippen MR) is 56.0 cm³/mol. The highest BCUT2D eigenvalue weighted by atomic mass is 16.5. The van der Waals surface area contributed by atoms with E-state index in [-0.39, 0.29) is 0 Å². The van der Waals surface area contributed by atoms with E-state index in [2.05, 4.69) is 9.97 Å². The van der Waals surface area contributed by atoms with Gasteiger partial charge in [-0.3, -0.25) is 0 Å². The van der Waals surface area contributed by atoms with E-state index in [0.717, 1.165) is 5.82 Å². The van der Waals surface area contributed by atoms with Gasteiger partial charge in [0.15, 0.2) is 0 Å². The molecule has 0 saturated carbocycles. The van der Waals surface area contributed by atoms with Crippen LogP contribution in [0.25, 0.3) is 0 Å². The van der Waals surface area contributed by atoms with Gasteiger partial charge in [-0.1, -0.05) is 27.7 Å². The molecular formula is C10H20N2O. The highest BCUT2D eigenvalue weighted by molar-refractivity contribution is 5.06. The van der Waals surface area contributed by atoms with E-state index >= 15 is 0 Å². The molecule has 1 aromatic rings. The summed E-state index contributed by atoms with van der Waals surface area (Å²) in [7, 11) is 1.59. The molecule has 76 valence electrons. The van der Waals surface area contributed by atoms with E-state index in [0.29, 0.717) is 5.88 Å². The quantitative estimate of drug-likeness (QED) is 0.673. The molecule has 3 nitrogen and oxygen atoms in total. The lowest BCUT2D eigenvalue weighted by Crippen LogP contribution is -1.90. The first-order chi connectivity index (χ1) is 6.33. The van der Waals surface area contributed by atoms with Crippen molar-refractivity contribution in [1.29, 1.82) is 0 Å². The predicted octanol–water partition coefficient (Wildman–Crippen LogP) is 2.85. The van der Waals surface area contributed by atoms with Gasteiger partial charge in [-0.2, -0.15) is 4.98 Å². The van der Waals surface area contributed by atoms with Crippen LogP contribution in [0.15, 0.2) is 12.3 Å². The molecule has 0 aliphatic carbocycles. The van der Waals surface area contributed by atoms with Crippen molar-refractivity contribution in [3.63, 3.8) is 0 Å². The molecule has 0 N–H and O–H groups in total. The molecule has 1 rings (SSSR count). The lowest BCUT2D eigenvalue weighted by atomic mass is 10.6. The Hall–Kier alpha value is -1.12. The minimum atomic E-state index is 0.613. The molecule has 0 fully saturated rings. The molecule has 1 aromatic heterocycles. The Kier molecular flexibility index (Phi) is 12.1. The van der Waals surface area contributed by atoms with Gasteiger partial charge in [-0.25, -0.2) is 4.98 Å². The molecule has 0 saturated heterocycles. The van der Waals surface area contributed by atoms with Crippen molar-refractivity contribution in [3.05, 3.63) is 18.1 Å². The summed E-state index contributed by atoms with van der Waals surface area (Å²) in [5, 5.41) is 0. The van der Waals surface area contributed by atoms with Crippen LogP contribution in [0.3, 0.4) is 0 Å². The summed E-state index contributed by atoms with van der Waals surface area (Å²) in [4.78, 5) is 7.86. The third-order valence-corrected chi connectivity index (χ3v) is 0.960. The van der Waals surface area contributed by atoms with E-state index in [1.165, 1.54) is 0 Å². The molecular weight excluding hydrogens is 164 g/mol. The number of rotatable bonds is 1. The number of aromatic nitrogens is 2.